The third-order valence-electron chi connectivity index (χ3n) is 3.84. The van der Waals surface area contributed by atoms with Crippen molar-refractivity contribution in [2.45, 2.75) is 12.7 Å². The minimum atomic E-state index is -4.51. The lowest BCUT2D eigenvalue weighted by Gasteiger charge is -2.17. The highest BCUT2D eigenvalue weighted by Gasteiger charge is 2.30. The van der Waals surface area contributed by atoms with E-state index < -0.39 is 36.0 Å². The van der Waals surface area contributed by atoms with Crippen molar-refractivity contribution in [3.63, 3.8) is 0 Å². The van der Waals surface area contributed by atoms with Gasteiger partial charge in [-0.3, -0.25) is 4.79 Å². The van der Waals surface area contributed by atoms with Gasteiger partial charge in [-0.1, -0.05) is 6.07 Å². The average molecular weight is 399 g/mol. The van der Waals surface area contributed by atoms with Crippen molar-refractivity contribution in [1.82, 2.24) is 4.90 Å². The van der Waals surface area contributed by atoms with Crippen molar-refractivity contribution in [1.29, 1.82) is 0 Å². The number of rotatable bonds is 6. The number of nitrogens with zero attached hydrogens (tertiary/aromatic N) is 1. The van der Waals surface area contributed by atoms with E-state index in [0.29, 0.717) is 5.56 Å². The number of hydrogen-bond acceptors (Lipinski definition) is 4. The fraction of sp³-hybridized carbons (Fsp3) is 0.263. The predicted molar refractivity (Wildman–Crippen MR) is 91.2 cm³/mol. The summed E-state index contributed by atoms with van der Waals surface area (Å²) in [5.41, 5.74) is -0.504. The molecular formula is C19H17F4NO4. The molecule has 0 aliphatic heterocycles. The Labute approximate surface area is 158 Å². The molecule has 150 valence electrons. The van der Waals surface area contributed by atoms with Crippen LogP contribution in [-0.2, 0) is 22.3 Å². The monoisotopic (exact) mass is 399 g/mol. The van der Waals surface area contributed by atoms with E-state index in [2.05, 4.69) is 0 Å². The van der Waals surface area contributed by atoms with Gasteiger partial charge in [-0.15, -0.1) is 0 Å². The standard InChI is InChI=1S/C19H17F4NO4/c1-24(10-12-3-8-16(27-2)15(20)9-12)17(25)11-28-18(26)13-4-6-14(7-5-13)19(21,22)23/h3-9H,10-11H2,1-2H3. The molecule has 2 rings (SSSR count). The Morgan fingerprint density at radius 1 is 1.07 bits per heavy atom. The smallest absolute Gasteiger partial charge is 0.416 e. The normalized spacial score (nSPS) is 11.1. The molecular weight excluding hydrogens is 382 g/mol. The maximum absolute atomic E-state index is 13.7. The Morgan fingerprint density at radius 2 is 1.71 bits per heavy atom. The zero-order valence-corrected chi connectivity index (χ0v) is 15.0. The Bertz CT molecular complexity index is 850. The summed E-state index contributed by atoms with van der Waals surface area (Å²) in [4.78, 5) is 25.2. The molecule has 0 bridgehead atoms. The molecule has 0 unspecified atom stereocenters. The lowest BCUT2D eigenvalue weighted by atomic mass is 10.1. The summed E-state index contributed by atoms with van der Waals surface area (Å²) >= 11 is 0. The van der Waals surface area contributed by atoms with Crippen molar-refractivity contribution in [2.75, 3.05) is 20.8 Å². The van der Waals surface area contributed by atoms with Gasteiger partial charge >= 0.3 is 12.1 Å². The van der Waals surface area contributed by atoms with Gasteiger partial charge in [-0.05, 0) is 42.0 Å². The highest BCUT2D eigenvalue weighted by atomic mass is 19.4. The first-order valence-corrected chi connectivity index (χ1v) is 8.02. The SMILES string of the molecule is COc1ccc(CN(C)C(=O)COC(=O)c2ccc(C(F)(F)F)cc2)cc1F. The molecule has 0 saturated heterocycles. The number of amides is 1. The number of hydrogen-bond donors (Lipinski definition) is 0. The van der Waals surface area contributed by atoms with Crippen LogP contribution in [0, 0.1) is 5.82 Å². The van der Waals surface area contributed by atoms with Gasteiger partial charge in [0.05, 0.1) is 18.2 Å². The number of ether oxygens (including phenoxy) is 2. The van der Waals surface area contributed by atoms with Gasteiger partial charge in [-0.25, -0.2) is 9.18 Å². The summed E-state index contributed by atoms with van der Waals surface area (Å²) in [6, 6.07) is 7.68. The highest BCUT2D eigenvalue weighted by Crippen LogP contribution is 2.29. The molecule has 0 aromatic heterocycles. The summed E-state index contributed by atoms with van der Waals surface area (Å²) in [6.45, 7) is -0.535. The van der Waals surface area contributed by atoms with Crippen LogP contribution in [0.2, 0.25) is 0 Å². The van der Waals surface area contributed by atoms with Crippen LogP contribution in [0.4, 0.5) is 17.6 Å². The van der Waals surface area contributed by atoms with Crippen molar-refractivity contribution < 1.29 is 36.6 Å². The van der Waals surface area contributed by atoms with Crippen LogP contribution in [0.15, 0.2) is 42.5 Å². The van der Waals surface area contributed by atoms with E-state index in [4.69, 9.17) is 9.47 Å². The van der Waals surface area contributed by atoms with Crippen LogP contribution in [-0.4, -0.2) is 37.5 Å². The second-order valence-electron chi connectivity index (χ2n) is 5.87. The summed E-state index contributed by atoms with van der Waals surface area (Å²) in [7, 11) is 2.77. The van der Waals surface area contributed by atoms with E-state index in [1.165, 1.54) is 31.2 Å². The van der Waals surface area contributed by atoms with Crippen molar-refractivity contribution >= 4 is 11.9 Å². The maximum atomic E-state index is 13.7. The minimum Gasteiger partial charge on any atom is -0.494 e. The van der Waals surface area contributed by atoms with Gasteiger partial charge in [0.25, 0.3) is 5.91 Å². The van der Waals surface area contributed by atoms with Crippen LogP contribution in [0.5, 0.6) is 5.75 Å². The Balaban J connectivity index is 1.90. The van der Waals surface area contributed by atoms with Gasteiger partial charge in [0.1, 0.15) is 0 Å². The molecule has 0 N–H and O–H groups in total. The minimum absolute atomic E-state index is 0.0670. The first kappa shape index (κ1) is 21.2. The molecule has 0 aliphatic carbocycles. The molecule has 0 spiro atoms. The number of esters is 1. The molecule has 2 aromatic rings. The molecule has 0 radical (unpaired) electrons. The molecule has 5 nitrogen and oxygen atoms in total. The largest absolute Gasteiger partial charge is 0.494 e. The fourth-order valence-electron chi connectivity index (χ4n) is 2.29. The van der Waals surface area contributed by atoms with Gasteiger partial charge < -0.3 is 14.4 Å². The third kappa shape index (κ3) is 5.45. The summed E-state index contributed by atoms with van der Waals surface area (Å²) in [6.07, 6.45) is -4.51. The van der Waals surface area contributed by atoms with E-state index >= 15 is 0 Å². The number of alkyl halides is 3. The zero-order valence-electron chi connectivity index (χ0n) is 15.0. The van der Waals surface area contributed by atoms with Gasteiger partial charge in [0.15, 0.2) is 18.2 Å². The van der Waals surface area contributed by atoms with E-state index in [-0.39, 0.29) is 17.9 Å². The number of methoxy groups -OCH3 is 1. The van der Waals surface area contributed by atoms with Crippen molar-refractivity contribution in [3.8, 4) is 5.75 Å². The van der Waals surface area contributed by atoms with Crippen LogP contribution in [0.25, 0.3) is 0 Å². The number of benzene rings is 2. The molecule has 0 saturated carbocycles. The van der Waals surface area contributed by atoms with Crippen LogP contribution >= 0.6 is 0 Å². The van der Waals surface area contributed by atoms with Crippen LogP contribution < -0.4 is 4.74 Å². The molecule has 0 atom stereocenters. The second-order valence-corrected chi connectivity index (χ2v) is 5.87. The number of carbonyl (C=O) groups is 2. The maximum Gasteiger partial charge on any atom is 0.416 e. The molecule has 0 fully saturated rings. The van der Waals surface area contributed by atoms with Gasteiger partial charge in [0, 0.05) is 13.6 Å². The van der Waals surface area contributed by atoms with E-state index in [1.54, 1.807) is 6.07 Å². The summed E-state index contributed by atoms with van der Waals surface area (Å²) in [5.74, 6) is -1.99. The number of halogens is 4. The molecule has 0 heterocycles. The van der Waals surface area contributed by atoms with Crippen molar-refractivity contribution in [2.24, 2.45) is 0 Å². The molecule has 9 heteroatoms. The lowest BCUT2D eigenvalue weighted by Crippen LogP contribution is -2.30. The third-order valence-corrected chi connectivity index (χ3v) is 3.84. The average Bonchev–Trinajstić information content (AvgIpc) is 2.65. The zero-order chi connectivity index (χ0) is 20.9. The molecule has 0 aliphatic rings. The van der Waals surface area contributed by atoms with Crippen LogP contribution in [0.1, 0.15) is 21.5 Å². The highest BCUT2D eigenvalue weighted by molar-refractivity contribution is 5.91. The summed E-state index contributed by atoms with van der Waals surface area (Å²) in [5, 5.41) is 0. The van der Waals surface area contributed by atoms with Gasteiger partial charge in [-0.2, -0.15) is 13.2 Å². The Morgan fingerprint density at radius 3 is 2.25 bits per heavy atom. The quantitative estimate of drug-likeness (QED) is 0.550. The Kier molecular flexibility index (Phi) is 6.61. The van der Waals surface area contributed by atoms with Crippen LogP contribution in [0.3, 0.4) is 0 Å². The fourth-order valence-corrected chi connectivity index (χ4v) is 2.29. The van der Waals surface area contributed by atoms with Crippen molar-refractivity contribution in [3.05, 3.63) is 65.0 Å². The van der Waals surface area contributed by atoms with E-state index in [0.717, 1.165) is 24.3 Å². The van der Waals surface area contributed by atoms with E-state index in [9.17, 15) is 27.2 Å². The van der Waals surface area contributed by atoms with E-state index in [1.807, 2.05) is 0 Å². The number of likely N-dealkylation sites (N-methyl/N-ethyl adjacent to an activating group) is 1. The molecule has 2 aromatic carbocycles. The lowest BCUT2D eigenvalue weighted by molar-refractivity contribution is -0.137. The molecule has 28 heavy (non-hydrogen) atoms. The first-order valence-electron chi connectivity index (χ1n) is 8.02. The van der Waals surface area contributed by atoms with Gasteiger partial charge in [0.2, 0.25) is 0 Å². The second kappa shape index (κ2) is 8.73. The first-order chi connectivity index (χ1) is 13.1. The predicted octanol–water partition coefficient (Wildman–Crippen LogP) is 3.67. The summed E-state index contributed by atoms with van der Waals surface area (Å²) < 4.78 is 60.9. The topological polar surface area (TPSA) is 55.8 Å². The Hall–Kier alpha value is -3.10. The number of carbonyl (C=O) groups excluding carboxylic acids is 2. The molecule has 1 amide bonds.